The van der Waals surface area contributed by atoms with Gasteiger partial charge in [0.05, 0.1) is 12.2 Å². The van der Waals surface area contributed by atoms with E-state index in [9.17, 15) is 14.4 Å². The van der Waals surface area contributed by atoms with E-state index in [1.807, 2.05) is 29.6 Å². The summed E-state index contributed by atoms with van der Waals surface area (Å²) in [4.78, 5) is 45.1. The maximum Gasteiger partial charge on any atom is 0.287 e. The van der Waals surface area contributed by atoms with E-state index in [-0.39, 0.29) is 12.1 Å². The highest BCUT2D eigenvalue weighted by Gasteiger charge is 2.27. The van der Waals surface area contributed by atoms with Crippen LogP contribution in [0.4, 0.5) is 0 Å². The van der Waals surface area contributed by atoms with Crippen LogP contribution in [-0.4, -0.2) is 38.2 Å². The standard InChI is InChI=1S/C22H19N5O3S/c23-21(29)20(28)16(9-8-14-12-31-18-6-2-1-5-15(14)18)26-22(30)17-11-24-13-27(17)19-7-3-4-10-25-19/h1-7,10-13,16H,8-9H2,(H2,23,29)(H,26,30). The van der Waals surface area contributed by atoms with Crippen molar-refractivity contribution in [1.82, 2.24) is 19.9 Å². The molecule has 156 valence electrons. The number of amides is 2. The zero-order valence-corrected chi connectivity index (χ0v) is 17.2. The summed E-state index contributed by atoms with van der Waals surface area (Å²) in [7, 11) is 0. The second-order valence-electron chi connectivity index (χ2n) is 6.89. The molecule has 1 atom stereocenters. The van der Waals surface area contributed by atoms with Crippen LogP contribution in [-0.2, 0) is 16.0 Å². The van der Waals surface area contributed by atoms with Crippen molar-refractivity contribution >= 4 is 39.0 Å². The van der Waals surface area contributed by atoms with Crippen molar-refractivity contribution in [3.05, 3.63) is 77.8 Å². The number of Topliss-reactive ketones (excluding diaryl/α,β-unsaturated/α-hetero) is 1. The molecule has 2 amide bonds. The van der Waals surface area contributed by atoms with Gasteiger partial charge in [-0.2, -0.15) is 0 Å². The van der Waals surface area contributed by atoms with E-state index in [0.29, 0.717) is 12.2 Å². The van der Waals surface area contributed by atoms with E-state index in [1.165, 1.54) is 17.1 Å². The van der Waals surface area contributed by atoms with Crippen LogP contribution >= 0.6 is 11.3 Å². The first-order valence-electron chi connectivity index (χ1n) is 9.58. The lowest BCUT2D eigenvalue weighted by atomic mass is 10.0. The molecule has 3 heterocycles. The van der Waals surface area contributed by atoms with Crippen molar-refractivity contribution in [1.29, 1.82) is 0 Å². The molecule has 31 heavy (non-hydrogen) atoms. The van der Waals surface area contributed by atoms with E-state index in [0.717, 1.165) is 15.6 Å². The van der Waals surface area contributed by atoms with Gasteiger partial charge >= 0.3 is 0 Å². The van der Waals surface area contributed by atoms with E-state index in [4.69, 9.17) is 5.73 Å². The van der Waals surface area contributed by atoms with E-state index in [2.05, 4.69) is 15.3 Å². The van der Waals surface area contributed by atoms with Gasteiger partial charge in [-0.15, -0.1) is 11.3 Å². The third kappa shape index (κ3) is 4.36. The van der Waals surface area contributed by atoms with Gasteiger partial charge in [0.25, 0.3) is 11.8 Å². The number of ketones is 1. The van der Waals surface area contributed by atoms with Crippen molar-refractivity contribution in [3.63, 3.8) is 0 Å². The van der Waals surface area contributed by atoms with Crippen LogP contribution in [0.1, 0.15) is 22.5 Å². The van der Waals surface area contributed by atoms with Crippen LogP contribution in [0.3, 0.4) is 0 Å². The lowest BCUT2D eigenvalue weighted by Gasteiger charge is -2.16. The number of carbonyl (C=O) groups is 3. The van der Waals surface area contributed by atoms with Gasteiger partial charge in [0.2, 0.25) is 5.78 Å². The number of nitrogens with two attached hydrogens (primary N) is 1. The summed E-state index contributed by atoms with van der Waals surface area (Å²) in [5.74, 6) is -1.96. The van der Waals surface area contributed by atoms with Gasteiger partial charge in [0.1, 0.15) is 17.8 Å². The summed E-state index contributed by atoms with van der Waals surface area (Å²) < 4.78 is 2.65. The quantitative estimate of drug-likeness (QED) is 0.413. The first-order chi connectivity index (χ1) is 15.0. The Bertz CT molecular complexity index is 1250. The molecule has 4 aromatic rings. The van der Waals surface area contributed by atoms with Gasteiger partial charge in [0, 0.05) is 10.9 Å². The summed E-state index contributed by atoms with van der Waals surface area (Å²) in [6.07, 6.45) is 5.18. The summed E-state index contributed by atoms with van der Waals surface area (Å²) in [6.45, 7) is 0. The molecule has 0 saturated heterocycles. The Balaban J connectivity index is 1.54. The average Bonchev–Trinajstić information content (AvgIpc) is 3.44. The highest BCUT2D eigenvalue weighted by atomic mass is 32.1. The highest BCUT2D eigenvalue weighted by molar-refractivity contribution is 7.17. The predicted octanol–water partition coefficient (Wildman–Crippen LogP) is 2.27. The van der Waals surface area contributed by atoms with Crippen LogP contribution in [0.5, 0.6) is 0 Å². The molecule has 0 aliphatic heterocycles. The highest BCUT2D eigenvalue weighted by Crippen LogP contribution is 2.27. The molecule has 0 aliphatic carbocycles. The van der Waals surface area contributed by atoms with E-state index in [1.54, 1.807) is 35.7 Å². The molecule has 1 unspecified atom stereocenters. The summed E-state index contributed by atoms with van der Waals surface area (Å²) in [6, 6.07) is 12.2. The molecule has 1 aromatic carbocycles. The van der Waals surface area contributed by atoms with Crippen molar-refractivity contribution in [2.24, 2.45) is 5.73 Å². The van der Waals surface area contributed by atoms with E-state index < -0.39 is 23.6 Å². The third-order valence-electron chi connectivity index (χ3n) is 4.90. The maximum atomic E-state index is 12.9. The second-order valence-corrected chi connectivity index (χ2v) is 7.80. The SMILES string of the molecule is NC(=O)C(=O)C(CCc1csc2ccccc12)NC(=O)c1cncn1-c1ccccn1. The fourth-order valence-corrected chi connectivity index (χ4v) is 4.34. The number of hydrogen-bond donors (Lipinski definition) is 2. The largest absolute Gasteiger partial charge is 0.363 e. The van der Waals surface area contributed by atoms with Crippen molar-refractivity contribution in [3.8, 4) is 5.82 Å². The third-order valence-corrected chi connectivity index (χ3v) is 5.91. The van der Waals surface area contributed by atoms with Crippen LogP contribution in [0.15, 0.2) is 66.6 Å². The monoisotopic (exact) mass is 433 g/mol. The molecule has 3 aromatic heterocycles. The van der Waals surface area contributed by atoms with Gasteiger partial charge in [-0.05, 0) is 47.4 Å². The second kappa shape index (κ2) is 8.88. The number of fused-ring (bicyclic) bond motifs is 1. The zero-order chi connectivity index (χ0) is 21.8. The normalized spacial score (nSPS) is 11.9. The molecular weight excluding hydrogens is 414 g/mol. The Morgan fingerprint density at radius 2 is 1.94 bits per heavy atom. The minimum atomic E-state index is -1.08. The summed E-state index contributed by atoms with van der Waals surface area (Å²) in [5, 5.41) is 5.76. The fourth-order valence-electron chi connectivity index (χ4n) is 3.34. The lowest BCUT2D eigenvalue weighted by molar-refractivity contribution is -0.137. The minimum absolute atomic E-state index is 0.196. The van der Waals surface area contributed by atoms with Gasteiger partial charge in [-0.3, -0.25) is 19.0 Å². The Morgan fingerprint density at radius 1 is 1.13 bits per heavy atom. The number of aryl methyl sites for hydroxylation is 1. The molecular formula is C22H19N5O3S. The maximum absolute atomic E-state index is 12.9. The molecule has 0 fully saturated rings. The molecule has 3 N–H and O–H groups in total. The summed E-state index contributed by atoms with van der Waals surface area (Å²) >= 11 is 1.61. The number of hydrogen-bond acceptors (Lipinski definition) is 6. The van der Waals surface area contributed by atoms with Crippen LogP contribution in [0.2, 0.25) is 0 Å². The predicted molar refractivity (Wildman–Crippen MR) is 117 cm³/mol. The molecule has 0 saturated carbocycles. The molecule has 0 aliphatic rings. The van der Waals surface area contributed by atoms with Gasteiger partial charge in [-0.25, -0.2) is 9.97 Å². The Labute approximate surface area is 181 Å². The number of aromatic nitrogens is 3. The molecule has 9 heteroatoms. The van der Waals surface area contributed by atoms with Crippen LogP contribution < -0.4 is 11.1 Å². The van der Waals surface area contributed by atoms with Crippen molar-refractivity contribution in [2.75, 3.05) is 0 Å². The van der Waals surface area contributed by atoms with E-state index >= 15 is 0 Å². The Kier molecular flexibility index (Phi) is 5.85. The van der Waals surface area contributed by atoms with Gasteiger partial charge in [-0.1, -0.05) is 24.3 Å². The van der Waals surface area contributed by atoms with Gasteiger partial charge < -0.3 is 11.1 Å². The molecule has 8 nitrogen and oxygen atoms in total. The van der Waals surface area contributed by atoms with Crippen LogP contribution in [0.25, 0.3) is 15.9 Å². The molecule has 4 rings (SSSR count). The number of nitrogens with one attached hydrogen (secondary N) is 1. The number of thiophene rings is 1. The zero-order valence-electron chi connectivity index (χ0n) is 16.4. The molecule has 0 bridgehead atoms. The number of carbonyl (C=O) groups excluding carboxylic acids is 3. The van der Waals surface area contributed by atoms with Crippen molar-refractivity contribution < 1.29 is 14.4 Å². The van der Waals surface area contributed by atoms with Crippen molar-refractivity contribution in [2.45, 2.75) is 18.9 Å². The number of benzene rings is 1. The number of rotatable bonds is 8. The molecule has 0 spiro atoms. The number of imidazole rings is 1. The number of nitrogens with zero attached hydrogens (tertiary/aromatic N) is 3. The first-order valence-corrected chi connectivity index (χ1v) is 10.5. The van der Waals surface area contributed by atoms with Crippen LogP contribution in [0, 0.1) is 0 Å². The Morgan fingerprint density at radius 3 is 2.71 bits per heavy atom. The topological polar surface area (TPSA) is 120 Å². The number of primary amides is 1. The first kappa shape index (κ1) is 20.4. The lowest BCUT2D eigenvalue weighted by Crippen LogP contribution is -2.46. The van der Waals surface area contributed by atoms with Gasteiger partial charge in [0.15, 0.2) is 0 Å². The smallest absolute Gasteiger partial charge is 0.287 e. The average molecular weight is 433 g/mol. The summed E-state index contributed by atoms with van der Waals surface area (Å²) in [5.41, 5.74) is 6.47. The minimum Gasteiger partial charge on any atom is -0.363 e. The Hall–Kier alpha value is -3.85. The number of pyridine rings is 1. The fraction of sp³-hybridized carbons (Fsp3) is 0.136. The molecule has 0 radical (unpaired) electrons.